The Kier molecular flexibility index (Phi) is 5.10. The summed E-state index contributed by atoms with van der Waals surface area (Å²) in [6.45, 7) is 11.6. The van der Waals surface area contributed by atoms with E-state index in [1.165, 1.54) is 0 Å². The van der Waals surface area contributed by atoms with Gasteiger partial charge in [0.15, 0.2) is 0 Å². The number of fused-ring (bicyclic) bond motifs is 3. The molecule has 7 heteroatoms. The summed E-state index contributed by atoms with van der Waals surface area (Å²) in [5.41, 5.74) is 3.86. The maximum absolute atomic E-state index is 13.4. The molecule has 3 heterocycles. The van der Waals surface area contributed by atoms with Crippen molar-refractivity contribution < 1.29 is 14.4 Å². The van der Waals surface area contributed by atoms with E-state index in [0.29, 0.717) is 11.3 Å². The third-order valence-electron chi connectivity index (χ3n) is 5.64. The van der Waals surface area contributed by atoms with Crippen molar-refractivity contribution in [2.45, 2.75) is 58.3 Å². The highest BCUT2D eigenvalue weighted by molar-refractivity contribution is 6.06. The van der Waals surface area contributed by atoms with E-state index in [1.54, 1.807) is 24.1 Å². The van der Waals surface area contributed by atoms with Crippen LogP contribution in [0.3, 0.4) is 0 Å². The molecule has 2 atom stereocenters. The largest absolute Gasteiger partial charge is 0.312 e. The fraction of sp³-hybridized carbons (Fsp3) is 0.550. The van der Waals surface area contributed by atoms with Gasteiger partial charge in [-0.05, 0) is 37.3 Å². The van der Waals surface area contributed by atoms with Gasteiger partial charge in [-0.15, -0.1) is 6.58 Å². The van der Waals surface area contributed by atoms with Crippen LogP contribution in [-0.2, 0) is 21.8 Å². The Bertz CT molecular complexity index is 778. The number of carbonyl (C=O) groups excluding carboxylic acids is 2. The maximum atomic E-state index is 13.4. The van der Waals surface area contributed by atoms with Gasteiger partial charge in [0.1, 0.15) is 11.2 Å². The van der Waals surface area contributed by atoms with E-state index in [4.69, 9.17) is 4.84 Å². The van der Waals surface area contributed by atoms with Crippen molar-refractivity contribution in [1.82, 2.24) is 20.7 Å². The number of aromatic nitrogens is 1. The Balaban J connectivity index is 2.10. The summed E-state index contributed by atoms with van der Waals surface area (Å²) < 4.78 is 0. The second kappa shape index (κ2) is 7.05. The van der Waals surface area contributed by atoms with Gasteiger partial charge in [-0.3, -0.25) is 24.3 Å². The molecule has 0 radical (unpaired) electrons. The molecule has 1 aromatic heterocycles. The molecule has 27 heavy (non-hydrogen) atoms. The van der Waals surface area contributed by atoms with Crippen molar-refractivity contribution in [3.8, 4) is 0 Å². The molecule has 0 spiro atoms. The lowest BCUT2D eigenvalue weighted by Gasteiger charge is -2.39. The summed E-state index contributed by atoms with van der Waals surface area (Å²) >= 11 is 0. The van der Waals surface area contributed by atoms with Gasteiger partial charge in [0.25, 0.3) is 5.91 Å². The zero-order chi connectivity index (χ0) is 19.8. The van der Waals surface area contributed by atoms with Crippen LogP contribution in [0.4, 0.5) is 0 Å². The van der Waals surface area contributed by atoms with Crippen molar-refractivity contribution in [2.75, 3.05) is 6.61 Å². The van der Waals surface area contributed by atoms with E-state index in [9.17, 15) is 9.59 Å². The number of nitrogens with one attached hydrogen (secondary N) is 2. The van der Waals surface area contributed by atoms with E-state index in [-0.39, 0.29) is 24.3 Å². The number of unbranched alkanes of at least 4 members (excludes halogenated alkanes) is 1. The number of nitrogens with zero attached hydrogens (tertiary/aromatic N) is 2. The molecule has 1 aromatic rings. The second-order valence-corrected chi connectivity index (χ2v) is 7.65. The summed E-state index contributed by atoms with van der Waals surface area (Å²) in [5.74, 6) is -1.86. The number of hydrogen-bond donors (Lipinski definition) is 2. The minimum Gasteiger partial charge on any atom is -0.312 e. The first-order chi connectivity index (χ1) is 12.8. The van der Waals surface area contributed by atoms with Crippen LogP contribution in [0.25, 0.3) is 0 Å². The summed E-state index contributed by atoms with van der Waals surface area (Å²) in [5, 5.41) is 2.94. The number of amides is 2. The highest BCUT2D eigenvalue weighted by atomic mass is 16.7. The highest BCUT2D eigenvalue weighted by Gasteiger charge is 2.67. The normalized spacial score (nSPS) is 26.3. The third kappa shape index (κ3) is 2.76. The lowest BCUT2D eigenvalue weighted by atomic mass is 9.87. The summed E-state index contributed by atoms with van der Waals surface area (Å²) in [7, 11) is 0. The standard InChI is InChI=1S/C20H28N4O3/c1-6-8-9-14-11-15-16(21-12-14)20(23-27-10-7-2)22-18(26)19(5,13(3)4)24(20)17(15)25/h7,11-13,23H,2,6,8-10H2,1,3-5H3,(H,22,26). The number of pyridine rings is 1. The van der Waals surface area contributed by atoms with Gasteiger partial charge in [-0.1, -0.05) is 33.3 Å². The van der Waals surface area contributed by atoms with Crippen LogP contribution < -0.4 is 10.8 Å². The Hall–Kier alpha value is -2.25. The molecule has 1 saturated heterocycles. The molecule has 7 nitrogen and oxygen atoms in total. The molecule has 0 aliphatic carbocycles. The first-order valence-corrected chi connectivity index (χ1v) is 9.49. The molecule has 146 valence electrons. The predicted octanol–water partition coefficient (Wildman–Crippen LogP) is 2.24. The van der Waals surface area contributed by atoms with E-state index in [2.05, 4.69) is 29.3 Å². The van der Waals surface area contributed by atoms with Gasteiger partial charge in [0, 0.05) is 6.20 Å². The Morgan fingerprint density at radius 3 is 2.81 bits per heavy atom. The number of aryl methyl sites for hydroxylation is 1. The molecule has 3 rings (SSSR count). The molecule has 0 saturated carbocycles. The van der Waals surface area contributed by atoms with Crippen molar-refractivity contribution in [3.63, 3.8) is 0 Å². The van der Waals surface area contributed by atoms with Crippen LogP contribution in [0.1, 0.15) is 62.2 Å². The zero-order valence-electron chi connectivity index (χ0n) is 16.5. The minimum absolute atomic E-state index is 0.0987. The van der Waals surface area contributed by atoms with Crippen LogP contribution in [0.2, 0.25) is 0 Å². The van der Waals surface area contributed by atoms with Crippen molar-refractivity contribution in [3.05, 3.63) is 41.7 Å². The van der Waals surface area contributed by atoms with Crippen LogP contribution >= 0.6 is 0 Å². The van der Waals surface area contributed by atoms with Gasteiger partial charge in [-0.2, -0.15) is 5.48 Å². The molecule has 2 amide bonds. The van der Waals surface area contributed by atoms with Gasteiger partial charge < -0.3 is 5.32 Å². The lowest BCUT2D eigenvalue weighted by molar-refractivity contribution is -0.127. The van der Waals surface area contributed by atoms with E-state index in [0.717, 1.165) is 24.8 Å². The minimum atomic E-state index is -1.31. The Labute approximate surface area is 160 Å². The Morgan fingerprint density at radius 1 is 1.44 bits per heavy atom. The SMILES string of the molecule is C=CCONC12NC(=O)C(C)(C(C)C)N1C(=O)c1cc(CCCC)cnc12. The number of hydrogen-bond acceptors (Lipinski definition) is 5. The van der Waals surface area contributed by atoms with Crippen LogP contribution in [-0.4, -0.2) is 33.8 Å². The maximum Gasteiger partial charge on any atom is 0.260 e. The van der Waals surface area contributed by atoms with Gasteiger partial charge in [0.2, 0.25) is 11.7 Å². The average molecular weight is 372 g/mol. The average Bonchev–Trinajstić information content (AvgIpc) is 3.02. The first kappa shape index (κ1) is 19.5. The van der Waals surface area contributed by atoms with E-state index < -0.39 is 11.3 Å². The first-order valence-electron chi connectivity index (χ1n) is 9.49. The van der Waals surface area contributed by atoms with Gasteiger partial charge in [0.05, 0.1) is 12.2 Å². The number of rotatable bonds is 8. The molecular weight excluding hydrogens is 344 g/mol. The van der Waals surface area contributed by atoms with Crippen molar-refractivity contribution in [1.29, 1.82) is 0 Å². The quantitative estimate of drug-likeness (QED) is 0.415. The molecule has 1 fully saturated rings. The van der Waals surface area contributed by atoms with Crippen molar-refractivity contribution >= 4 is 11.8 Å². The monoisotopic (exact) mass is 372 g/mol. The fourth-order valence-corrected chi connectivity index (χ4v) is 3.77. The molecule has 2 N–H and O–H groups in total. The Morgan fingerprint density at radius 2 is 2.19 bits per heavy atom. The molecule has 2 aliphatic heterocycles. The van der Waals surface area contributed by atoms with Crippen LogP contribution in [0.15, 0.2) is 24.9 Å². The molecule has 2 unspecified atom stereocenters. The summed E-state index contributed by atoms with van der Waals surface area (Å²) in [4.78, 5) is 37.9. The van der Waals surface area contributed by atoms with E-state index in [1.807, 2.05) is 19.9 Å². The number of hydroxylamine groups is 1. The number of carbonyl (C=O) groups is 2. The smallest absolute Gasteiger partial charge is 0.260 e. The fourth-order valence-electron chi connectivity index (χ4n) is 3.77. The summed E-state index contributed by atoms with van der Waals surface area (Å²) in [6.07, 6.45) is 6.33. The lowest BCUT2D eigenvalue weighted by Crippen LogP contribution is -2.61. The van der Waals surface area contributed by atoms with Crippen LogP contribution in [0, 0.1) is 5.92 Å². The molecule has 2 aliphatic rings. The van der Waals surface area contributed by atoms with Gasteiger partial charge in [-0.25, -0.2) is 0 Å². The van der Waals surface area contributed by atoms with E-state index >= 15 is 0 Å². The zero-order valence-corrected chi connectivity index (χ0v) is 16.5. The van der Waals surface area contributed by atoms with Crippen LogP contribution in [0.5, 0.6) is 0 Å². The second-order valence-electron chi connectivity index (χ2n) is 7.65. The predicted molar refractivity (Wildman–Crippen MR) is 101 cm³/mol. The van der Waals surface area contributed by atoms with Gasteiger partial charge >= 0.3 is 0 Å². The highest BCUT2D eigenvalue weighted by Crippen LogP contribution is 2.46. The summed E-state index contributed by atoms with van der Waals surface area (Å²) in [6, 6.07) is 1.89. The molecule has 0 bridgehead atoms. The topological polar surface area (TPSA) is 83.6 Å². The molecular formula is C20H28N4O3. The third-order valence-corrected chi connectivity index (χ3v) is 5.64. The molecule has 0 aromatic carbocycles. The van der Waals surface area contributed by atoms with Crippen molar-refractivity contribution in [2.24, 2.45) is 5.92 Å².